The number of esters is 1. The average Bonchev–Trinajstić information content (AvgIpc) is 2.81. The minimum absolute atomic E-state index is 0.00281. The van der Waals surface area contributed by atoms with Gasteiger partial charge in [-0.05, 0) is 42.2 Å². The van der Waals surface area contributed by atoms with Crippen LogP contribution in [0.25, 0.3) is 0 Å². The molecule has 2 bridgehead atoms. The molecule has 1 amide bonds. The molecule has 0 spiro atoms. The molecule has 1 saturated heterocycles. The molecular weight excluding hydrogens is 350 g/mol. The van der Waals surface area contributed by atoms with Crippen LogP contribution in [-0.4, -0.2) is 40.9 Å². The number of anilines is 1. The van der Waals surface area contributed by atoms with Gasteiger partial charge in [0, 0.05) is 18.7 Å². The van der Waals surface area contributed by atoms with Crippen molar-refractivity contribution in [1.82, 2.24) is 4.90 Å². The number of fused-ring (bicyclic) bond motifs is 2. The second kappa shape index (κ2) is 6.51. The molecule has 1 aliphatic carbocycles. The van der Waals surface area contributed by atoms with Crippen LogP contribution in [0.1, 0.15) is 50.4 Å². The highest BCUT2D eigenvalue weighted by molar-refractivity contribution is 5.93. The van der Waals surface area contributed by atoms with E-state index in [4.69, 9.17) is 10.5 Å². The Kier molecular flexibility index (Phi) is 4.61. The van der Waals surface area contributed by atoms with Crippen LogP contribution in [0.2, 0.25) is 0 Å². The lowest BCUT2D eigenvalue weighted by Gasteiger charge is -2.39. The van der Waals surface area contributed by atoms with E-state index in [1.54, 1.807) is 0 Å². The number of nitrogen functional groups attached to an aromatic ring is 1. The Morgan fingerprint density at radius 2 is 2.04 bits per heavy atom. The fourth-order valence-corrected chi connectivity index (χ4v) is 4.87. The van der Waals surface area contributed by atoms with Crippen LogP contribution >= 0.6 is 0 Å². The fourth-order valence-electron chi connectivity index (χ4n) is 4.87. The number of rotatable bonds is 4. The van der Waals surface area contributed by atoms with Gasteiger partial charge in [0.25, 0.3) is 11.6 Å². The molecule has 2 aliphatic rings. The molecule has 2 atom stereocenters. The Labute approximate surface area is 157 Å². The maximum absolute atomic E-state index is 12.6. The normalized spacial score (nSPS) is 25.9. The third kappa shape index (κ3) is 3.89. The number of nitro benzene ring substituents is 1. The average molecular weight is 375 g/mol. The van der Waals surface area contributed by atoms with E-state index in [0.29, 0.717) is 6.54 Å². The van der Waals surface area contributed by atoms with Gasteiger partial charge in [0.15, 0.2) is 6.61 Å². The van der Waals surface area contributed by atoms with Crippen LogP contribution in [-0.2, 0) is 9.53 Å². The number of carbonyl (C=O) groups is 2. The SMILES string of the molecule is CC1(C)C[C@@H]2C[C@](C)(CN2C(=O)COC(=O)c2ccc(N)c([N+](=O)[O-])c2)C1. The first-order valence-electron chi connectivity index (χ1n) is 9.00. The third-order valence-corrected chi connectivity index (χ3v) is 5.52. The van der Waals surface area contributed by atoms with E-state index < -0.39 is 10.9 Å². The van der Waals surface area contributed by atoms with Gasteiger partial charge in [-0.15, -0.1) is 0 Å². The Morgan fingerprint density at radius 1 is 1.33 bits per heavy atom. The quantitative estimate of drug-likeness (QED) is 0.374. The van der Waals surface area contributed by atoms with E-state index in [0.717, 1.165) is 25.3 Å². The van der Waals surface area contributed by atoms with E-state index >= 15 is 0 Å². The molecule has 27 heavy (non-hydrogen) atoms. The lowest BCUT2D eigenvalue weighted by atomic mass is 9.65. The number of nitro groups is 1. The van der Waals surface area contributed by atoms with E-state index in [1.807, 2.05) is 4.90 Å². The van der Waals surface area contributed by atoms with Gasteiger partial charge in [0.1, 0.15) is 5.69 Å². The van der Waals surface area contributed by atoms with Crippen LogP contribution in [0.4, 0.5) is 11.4 Å². The van der Waals surface area contributed by atoms with Crippen molar-refractivity contribution in [2.24, 2.45) is 10.8 Å². The monoisotopic (exact) mass is 375 g/mol. The molecule has 1 aromatic rings. The van der Waals surface area contributed by atoms with Gasteiger partial charge in [-0.2, -0.15) is 0 Å². The van der Waals surface area contributed by atoms with Crippen molar-refractivity contribution in [3.8, 4) is 0 Å². The summed E-state index contributed by atoms with van der Waals surface area (Å²) in [7, 11) is 0. The van der Waals surface area contributed by atoms with Crippen LogP contribution in [0.15, 0.2) is 18.2 Å². The molecule has 0 unspecified atom stereocenters. The fraction of sp³-hybridized carbons (Fsp3) is 0.579. The third-order valence-electron chi connectivity index (χ3n) is 5.52. The highest BCUT2D eigenvalue weighted by Gasteiger charge is 2.50. The van der Waals surface area contributed by atoms with Crippen LogP contribution in [0.5, 0.6) is 0 Å². The summed E-state index contributed by atoms with van der Waals surface area (Å²) in [5.41, 5.74) is 5.41. The van der Waals surface area contributed by atoms with Crippen molar-refractivity contribution in [2.75, 3.05) is 18.9 Å². The number of amides is 1. The van der Waals surface area contributed by atoms with Crippen LogP contribution in [0.3, 0.4) is 0 Å². The highest BCUT2D eigenvalue weighted by atomic mass is 16.6. The maximum atomic E-state index is 12.6. The minimum Gasteiger partial charge on any atom is -0.452 e. The van der Waals surface area contributed by atoms with Crippen LogP contribution in [0, 0.1) is 20.9 Å². The summed E-state index contributed by atoms with van der Waals surface area (Å²) in [5, 5.41) is 10.9. The molecule has 146 valence electrons. The molecule has 3 rings (SSSR count). The second-order valence-corrected chi connectivity index (χ2v) is 8.84. The predicted octanol–water partition coefficient (Wildman–Crippen LogP) is 2.76. The van der Waals surface area contributed by atoms with Gasteiger partial charge < -0.3 is 15.4 Å². The lowest BCUT2D eigenvalue weighted by molar-refractivity contribution is -0.383. The molecule has 2 N–H and O–H groups in total. The number of benzene rings is 1. The van der Waals surface area contributed by atoms with Crippen LogP contribution < -0.4 is 5.73 Å². The summed E-state index contributed by atoms with van der Waals surface area (Å²) in [6, 6.07) is 3.86. The Morgan fingerprint density at radius 3 is 2.70 bits per heavy atom. The molecule has 1 heterocycles. The predicted molar refractivity (Wildman–Crippen MR) is 99.0 cm³/mol. The molecule has 1 aromatic carbocycles. The van der Waals surface area contributed by atoms with E-state index in [1.165, 1.54) is 12.1 Å². The number of ether oxygens (including phenoxy) is 1. The standard InChI is InChI=1S/C19H25N3O5/c1-18(2)7-13-8-19(3,10-18)11-21(13)16(23)9-27-17(24)12-4-5-14(20)15(6-12)22(25)26/h4-6,13H,7-11,20H2,1-3H3/t13-,19+/m1/s1. The number of nitrogens with zero attached hydrogens (tertiary/aromatic N) is 2. The van der Waals surface area contributed by atoms with Gasteiger partial charge in [-0.3, -0.25) is 14.9 Å². The summed E-state index contributed by atoms with van der Waals surface area (Å²) in [5.74, 6) is -1.00. The molecule has 1 aliphatic heterocycles. The topological polar surface area (TPSA) is 116 Å². The molecule has 0 radical (unpaired) electrons. The smallest absolute Gasteiger partial charge is 0.338 e. The first-order valence-corrected chi connectivity index (χ1v) is 9.00. The summed E-state index contributed by atoms with van der Waals surface area (Å²) in [4.78, 5) is 36.9. The minimum atomic E-state index is -0.778. The largest absolute Gasteiger partial charge is 0.452 e. The Bertz CT molecular complexity index is 807. The van der Waals surface area contributed by atoms with Gasteiger partial charge in [-0.1, -0.05) is 20.8 Å². The van der Waals surface area contributed by atoms with Crippen molar-refractivity contribution in [1.29, 1.82) is 0 Å². The molecule has 0 aromatic heterocycles. The summed E-state index contributed by atoms with van der Waals surface area (Å²) >= 11 is 0. The van der Waals surface area contributed by atoms with E-state index in [9.17, 15) is 19.7 Å². The molecule has 8 heteroatoms. The van der Waals surface area contributed by atoms with E-state index in [2.05, 4.69) is 20.8 Å². The van der Waals surface area contributed by atoms with E-state index in [-0.39, 0.29) is 46.3 Å². The van der Waals surface area contributed by atoms with Gasteiger partial charge in [-0.25, -0.2) is 4.79 Å². The van der Waals surface area contributed by atoms with Gasteiger partial charge >= 0.3 is 5.97 Å². The highest BCUT2D eigenvalue weighted by Crippen LogP contribution is 2.52. The number of carbonyl (C=O) groups excluding carboxylic acids is 2. The first-order chi connectivity index (χ1) is 12.5. The van der Waals surface area contributed by atoms with Gasteiger partial charge in [0.05, 0.1) is 10.5 Å². The Balaban J connectivity index is 1.64. The zero-order valence-corrected chi connectivity index (χ0v) is 15.9. The van der Waals surface area contributed by atoms with Gasteiger partial charge in [0.2, 0.25) is 0 Å². The number of likely N-dealkylation sites (tertiary alicyclic amines) is 1. The molecular formula is C19H25N3O5. The van der Waals surface area contributed by atoms with Crippen molar-refractivity contribution in [3.63, 3.8) is 0 Å². The Hall–Kier alpha value is -2.64. The van der Waals surface area contributed by atoms with Crippen molar-refractivity contribution in [3.05, 3.63) is 33.9 Å². The zero-order chi connectivity index (χ0) is 20.0. The number of hydrogen-bond donors (Lipinski definition) is 1. The van der Waals surface area contributed by atoms with Crippen molar-refractivity contribution in [2.45, 2.75) is 46.1 Å². The molecule has 2 fully saturated rings. The number of hydrogen-bond acceptors (Lipinski definition) is 6. The molecule has 8 nitrogen and oxygen atoms in total. The second-order valence-electron chi connectivity index (χ2n) is 8.84. The zero-order valence-electron chi connectivity index (χ0n) is 15.9. The summed E-state index contributed by atoms with van der Waals surface area (Å²) < 4.78 is 5.12. The van der Waals surface area contributed by atoms with Crippen molar-refractivity contribution >= 4 is 23.3 Å². The molecule has 1 saturated carbocycles. The summed E-state index contributed by atoms with van der Waals surface area (Å²) in [6.45, 7) is 6.95. The van der Waals surface area contributed by atoms with Crippen molar-refractivity contribution < 1.29 is 19.2 Å². The number of nitrogens with two attached hydrogens (primary N) is 1. The maximum Gasteiger partial charge on any atom is 0.338 e. The lowest BCUT2D eigenvalue weighted by Crippen LogP contribution is -2.39. The first kappa shape index (κ1) is 19.1. The summed E-state index contributed by atoms with van der Waals surface area (Å²) in [6.07, 6.45) is 2.97.